The van der Waals surface area contributed by atoms with Crippen LogP contribution in [0, 0.1) is 6.92 Å². The van der Waals surface area contributed by atoms with Gasteiger partial charge in [-0.15, -0.1) is 11.8 Å². The first kappa shape index (κ1) is 21.9. The molecule has 1 unspecified atom stereocenters. The third kappa shape index (κ3) is 5.41. The Bertz CT molecular complexity index is 1060. The molecule has 0 saturated heterocycles. The lowest BCUT2D eigenvalue weighted by atomic mass is 10.1. The lowest BCUT2D eigenvalue weighted by Crippen LogP contribution is -2.23. The van der Waals surface area contributed by atoms with Crippen LogP contribution in [0.25, 0.3) is 0 Å². The van der Waals surface area contributed by atoms with Crippen LogP contribution in [0.15, 0.2) is 53.6 Å². The number of carbonyl (C=O) groups is 1. The van der Waals surface area contributed by atoms with E-state index in [-0.39, 0.29) is 11.4 Å². The van der Waals surface area contributed by atoms with Crippen LogP contribution < -0.4 is 15.2 Å². The van der Waals surface area contributed by atoms with Gasteiger partial charge in [-0.05, 0) is 43.0 Å². The van der Waals surface area contributed by atoms with E-state index in [9.17, 15) is 9.90 Å². The smallest absolute Gasteiger partial charge is 0.325 e. The molecule has 0 radical (unpaired) electrons. The topological polar surface area (TPSA) is 108 Å². The van der Waals surface area contributed by atoms with E-state index in [2.05, 4.69) is 9.97 Å². The van der Waals surface area contributed by atoms with Gasteiger partial charge in [0.15, 0.2) is 0 Å². The van der Waals surface area contributed by atoms with Crippen LogP contribution in [0.3, 0.4) is 0 Å². The van der Waals surface area contributed by atoms with Crippen LogP contribution in [0.5, 0.6) is 17.4 Å². The molecule has 2 aromatic carbocycles. The Balaban J connectivity index is 1.85. The predicted octanol–water partition coefficient (Wildman–Crippen LogP) is 4.62. The van der Waals surface area contributed by atoms with E-state index in [0.29, 0.717) is 34.0 Å². The maximum absolute atomic E-state index is 11.5. The SMILES string of the molecule is CSc1nc(C)nc(Oc2cccc(OCc3cccc(Cl)c3)c2)c1C(N)C(=O)O. The van der Waals surface area contributed by atoms with Crippen LogP contribution >= 0.6 is 23.4 Å². The normalized spacial score (nSPS) is 11.7. The molecule has 1 aromatic heterocycles. The molecule has 0 amide bonds. The zero-order valence-corrected chi connectivity index (χ0v) is 17.9. The first-order chi connectivity index (χ1) is 14.4. The summed E-state index contributed by atoms with van der Waals surface area (Å²) in [6.45, 7) is 2.04. The second-order valence-electron chi connectivity index (χ2n) is 6.31. The van der Waals surface area contributed by atoms with Gasteiger partial charge < -0.3 is 20.3 Å². The lowest BCUT2D eigenvalue weighted by Gasteiger charge is -2.16. The number of hydrogen-bond donors (Lipinski definition) is 2. The van der Waals surface area contributed by atoms with Crippen molar-refractivity contribution >= 4 is 29.3 Å². The van der Waals surface area contributed by atoms with Gasteiger partial charge in [-0.1, -0.05) is 29.8 Å². The van der Waals surface area contributed by atoms with Gasteiger partial charge in [-0.2, -0.15) is 4.98 Å². The molecular formula is C21H20ClN3O4S. The largest absolute Gasteiger partial charge is 0.489 e. The van der Waals surface area contributed by atoms with Crippen molar-refractivity contribution in [1.29, 1.82) is 0 Å². The van der Waals surface area contributed by atoms with Crippen molar-refractivity contribution in [2.75, 3.05) is 6.26 Å². The quantitative estimate of drug-likeness (QED) is 0.382. The Morgan fingerprint density at radius 3 is 2.63 bits per heavy atom. The highest BCUT2D eigenvalue weighted by Crippen LogP contribution is 2.34. The number of halogens is 1. The Morgan fingerprint density at radius 2 is 1.93 bits per heavy atom. The van der Waals surface area contributed by atoms with E-state index in [1.807, 2.05) is 18.2 Å². The van der Waals surface area contributed by atoms with Crippen LogP contribution in [-0.4, -0.2) is 27.3 Å². The molecule has 156 valence electrons. The van der Waals surface area contributed by atoms with Gasteiger partial charge >= 0.3 is 5.97 Å². The number of aryl methyl sites for hydroxylation is 1. The number of aliphatic carboxylic acids is 1. The van der Waals surface area contributed by atoms with Crippen LogP contribution in [-0.2, 0) is 11.4 Å². The number of nitrogens with zero attached hydrogens (tertiary/aromatic N) is 2. The summed E-state index contributed by atoms with van der Waals surface area (Å²) in [4.78, 5) is 20.0. The fourth-order valence-electron chi connectivity index (χ4n) is 2.69. The molecule has 3 N–H and O–H groups in total. The molecule has 30 heavy (non-hydrogen) atoms. The molecule has 0 spiro atoms. The monoisotopic (exact) mass is 445 g/mol. The summed E-state index contributed by atoms with van der Waals surface area (Å²) in [6, 6.07) is 13.1. The number of carboxylic acids is 1. The second-order valence-corrected chi connectivity index (χ2v) is 7.54. The minimum atomic E-state index is -1.31. The summed E-state index contributed by atoms with van der Waals surface area (Å²) in [5, 5.41) is 10.5. The number of carboxylic acid groups (broad SMARTS) is 1. The molecule has 0 saturated carbocycles. The molecule has 0 bridgehead atoms. The lowest BCUT2D eigenvalue weighted by molar-refractivity contribution is -0.138. The molecule has 9 heteroatoms. The third-order valence-electron chi connectivity index (χ3n) is 4.07. The Morgan fingerprint density at radius 1 is 1.20 bits per heavy atom. The molecule has 0 aliphatic carbocycles. The van der Waals surface area contributed by atoms with E-state index in [1.54, 1.807) is 43.5 Å². The van der Waals surface area contributed by atoms with E-state index in [0.717, 1.165) is 5.56 Å². The highest BCUT2D eigenvalue weighted by molar-refractivity contribution is 7.98. The number of ether oxygens (including phenoxy) is 2. The summed E-state index contributed by atoms with van der Waals surface area (Å²) in [5.41, 5.74) is 7.02. The summed E-state index contributed by atoms with van der Waals surface area (Å²) in [7, 11) is 0. The number of thioether (sulfide) groups is 1. The van der Waals surface area contributed by atoms with Crippen molar-refractivity contribution in [2.24, 2.45) is 5.73 Å². The fourth-order valence-corrected chi connectivity index (χ4v) is 3.56. The maximum atomic E-state index is 11.5. The minimum absolute atomic E-state index is 0.105. The van der Waals surface area contributed by atoms with Crippen molar-refractivity contribution in [2.45, 2.75) is 24.6 Å². The summed E-state index contributed by atoms with van der Waals surface area (Å²) in [6.07, 6.45) is 1.79. The molecule has 1 atom stereocenters. The predicted molar refractivity (Wildman–Crippen MR) is 115 cm³/mol. The maximum Gasteiger partial charge on any atom is 0.325 e. The number of rotatable bonds is 8. The Labute approximate surface area is 183 Å². The first-order valence-electron chi connectivity index (χ1n) is 8.93. The van der Waals surface area contributed by atoms with E-state index in [4.69, 9.17) is 26.8 Å². The minimum Gasteiger partial charge on any atom is -0.489 e. The third-order valence-corrected chi connectivity index (χ3v) is 5.01. The van der Waals surface area contributed by atoms with E-state index in [1.165, 1.54) is 11.8 Å². The molecular weight excluding hydrogens is 426 g/mol. The zero-order chi connectivity index (χ0) is 21.7. The summed E-state index contributed by atoms with van der Waals surface area (Å²) >= 11 is 7.28. The van der Waals surface area contributed by atoms with Gasteiger partial charge in [0.1, 0.15) is 35.0 Å². The van der Waals surface area contributed by atoms with Gasteiger partial charge in [0.2, 0.25) is 5.88 Å². The second kappa shape index (κ2) is 9.80. The van der Waals surface area contributed by atoms with Crippen LogP contribution in [0.4, 0.5) is 0 Å². The van der Waals surface area contributed by atoms with Crippen molar-refractivity contribution in [3.63, 3.8) is 0 Å². The molecule has 1 heterocycles. The van der Waals surface area contributed by atoms with Gasteiger partial charge in [-0.25, -0.2) is 4.98 Å². The molecule has 3 aromatic rings. The highest BCUT2D eigenvalue weighted by Gasteiger charge is 2.26. The Kier molecular flexibility index (Phi) is 7.15. The number of hydrogen-bond acceptors (Lipinski definition) is 7. The van der Waals surface area contributed by atoms with Crippen molar-refractivity contribution < 1.29 is 19.4 Å². The van der Waals surface area contributed by atoms with Gasteiger partial charge in [0.25, 0.3) is 0 Å². The molecule has 0 aliphatic rings. The fraction of sp³-hybridized carbons (Fsp3) is 0.190. The summed E-state index contributed by atoms with van der Waals surface area (Å²) in [5.74, 6) is 0.369. The first-order valence-corrected chi connectivity index (χ1v) is 10.5. The molecule has 7 nitrogen and oxygen atoms in total. The number of benzene rings is 2. The number of aromatic nitrogens is 2. The van der Waals surface area contributed by atoms with Crippen LogP contribution in [0.2, 0.25) is 5.02 Å². The molecule has 0 fully saturated rings. The van der Waals surface area contributed by atoms with E-state index < -0.39 is 12.0 Å². The molecule has 0 aliphatic heterocycles. The summed E-state index contributed by atoms with van der Waals surface area (Å²) < 4.78 is 11.7. The van der Waals surface area contributed by atoms with Gasteiger partial charge in [-0.3, -0.25) is 4.79 Å². The zero-order valence-electron chi connectivity index (χ0n) is 16.3. The average molecular weight is 446 g/mol. The number of nitrogens with two attached hydrogens (primary N) is 1. The van der Waals surface area contributed by atoms with Crippen molar-refractivity contribution in [1.82, 2.24) is 9.97 Å². The molecule has 3 rings (SSSR count). The van der Waals surface area contributed by atoms with Crippen LogP contribution in [0.1, 0.15) is 23.0 Å². The Hall–Kier alpha value is -2.81. The highest BCUT2D eigenvalue weighted by atomic mass is 35.5. The van der Waals surface area contributed by atoms with Crippen molar-refractivity contribution in [3.8, 4) is 17.4 Å². The van der Waals surface area contributed by atoms with Crippen molar-refractivity contribution in [3.05, 3.63) is 70.5 Å². The van der Waals surface area contributed by atoms with E-state index >= 15 is 0 Å². The standard InChI is InChI=1S/C21H20ClN3O4S/c1-12-24-19(17(18(23)21(26)27)20(25-12)30-2)29-16-8-4-7-15(10-16)28-11-13-5-3-6-14(22)9-13/h3-10,18H,11,23H2,1-2H3,(H,26,27). The van der Waals surface area contributed by atoms with Gasteiger partial charge in [0.05, 0.1) is 5.56 Å². The average Bonchev–Trinajstić information content (AvgIpc) is 2.71. The van der Waals surface area contributed by atoms with Gasteiger partial charge in [0, 0.05) is 11.1 Å².